The number of urea groups is 1. The summed E-state index contributed by atoms with van der Waals surface area (Å²) in [6, 6.07) is 11.8. The third-order valence-corrected chi connectivity index (χ3v) is 3.63. The Kier molecular flexibility index (Phi) is 7.45. The maximum absolute atomic E-state index is 12.1. The van der Waals surface area contributed by atoms with Gasteiger partial charge in [-0.15, -0.1) is 0 Å². The van der Waals surface area contributed by atoms with Gasteiger partial charge in [-0.1, -0.05) is 0 Å². The number of nitrogens with one attached hydrogen (secondary N) is 3. The molecule has 0 aliphatic carbocycles. The van der Waals surface area contributed by atoms with Crippen LogP contribution in [-0.2, 0) is 16.1 Å². The van der Waals surface area contributed by atoms with Gasteiger partial charge >= 0.3 is 6.03 Å². The molecular formula is C19H23N3O5. The number of ether oxygens (including phenoxy) is 3. The fraction of sp³-hybridized carbons (Fsp3) is 0.263. The number of hydrogen-bond donors (Lipinski definition) is 3. The smallest absolute Gasteiger partial charge is 0.319 e. The summed E-state index contributed by atoms with van der Waals surface area (Å²) in [6.45, 7) is 0.257. The quantitative estimate of drug-likeness (QED) is 0.661. The van der Waals surface area contributed by atoms with Gasteiger partial charge in [0.2, 0.25) is 5.91 Å². The van der Waals surface area contributed by atoms with Gasteiger partial charge in [-0.3, -0.25) is 4.79 Å². The van der Waals surface area contributed by atoms with Crippen LogP contribution in [-0.4, -0.2) is 39.9 Å². The molecule has 8 nitrogen and oxygen atoms in total. The summed E-state index contributed by atoms with van der Waals surface area (Å²) < 4.78 is 15.2. The number of carbonyl (C=O) groups excluding carboxylic acids is 2. The van der Waals surface area contributed by atoms with Crippen molar-refractivity contribution < 1.29 is 23.8 Å². The van der Waals surface area contributed by atoms with Crippen LogP contribution in [0, 0.1) is 0 Å². The van der Waals surface area contributed by atoms with Crippen molar-refractivity contribution in [3.05, 3.63) is 48.0 Å². The summed E-state index contributed by atoms with van der Waals surface area (Å²) in [7, 11) is 4.60. The van der Waals surface area contributed by atoms with Crippen LogP contribution in [0.15, 0.2) is 42.5 Å². The van der Waals surface area contributed by atoms with E-state index >= 15 is 0 Å². The molecule has 0 atom stereocenters. The molecule has 2 aromatic carbocycles. The molecule has 0 aromatic heterocycles. The van der Waals surface area contributed by atoms with E-state index in [4.69, 9.17) is 14.2 Å². The van der Waals surface area contributed by atoms with Gasteiger partial charge in [0.1, 0.15) is 18.1 Å². The van der Waals surface area contributed by atoms with E-state index in [0.29, 0.717) is 22.9 Å². The van der Waals surface area contributed by atoms with E-state index < -0.39 is 0 Å². The highest BCUT2D eigenvalue weighted by atomic mass is 16.5. The van der Waals surface area contributed by atoms with E-state index in [9.17, 15) is 9.59 Å². The van der Waals surface area contributed by atoms with Crippen molar-refractivity contribution in [3.8, 4) is 11.5 Å². The molecule has 144 valence electrons. The predicted octanol–water partition coefficient (Wildman–Crippen LogP) is 2.61. The maximum Gasteiger partial charge on any atom is 0.319 e. The lowest BCUT2D eigenvalue weighted by Gasteiger charge is -2.12. The predicted molar refractivity (Wildman–Crippen MR) is 102 cm³/mol. The second-order valence-corrected chi connectivity index (χ2v) is 5.54. The number of anilines is 2. The summed E-state index contributed by atoms with van der Waals surface area (Å²) >= 11 is 0. The molecular weight excluding hydrogens is 350 g/mol. The van der Waals surface area contributed by atoms with Gasteiger partial charge in [0.25, 0.3) is 0 Å². The molecule has 0 fully saturated rings. The third kappa shape index (κ3) is 6.19. The van der Waals surface area contributed by atoms with Crippen LogP contribution in [0.1, 0.15) is 5.56 Å². The van der Waals surface area contributed by atoms with Crippen LogP contribution in [0.5, 0.6) is 11.5 Å². The molecule has 0 radical (unpaired) electrons. The molecule has 0 spiro atoms. The van der Waals surface area contributed by atoms with Gasteiger partial charge in [-0.2, -0.15) is 0 Å². The number of hydrogen-bond acceptors (Lipinski definition) is 5. The van der Waals surface area contributed by atoms with Crippen molar-refractivity contribution in [3.63, 3.8) is 0 Å². The molecule has 2 aromatic rings. The van der Waals surface area contributed by atoms with Crippen LogP contribution in [0.4, 0.5) is 16.2 Å². The van der Waals surface area contributed by atoms with Crippen LogP contribution in [0.3, 0.4) is 0 Å². The topological polar surface area (TPSA) is 97.9 Å². The van der Waals surface area contributed by atoms with Crippen molar-refractivity contribution in [2.45, 2.75) is 6.54 Å². The van der Waals surface area contributed by atoms with Crippen LogP contribution >= 0.6 is 0 Å². The Morgan fingerprint density at radius 1 is 0.889 bits per heavy atom. The SMILES string of the molecule is COCC(=O)Nc1ccc(NC(=O)NCc2cc(OC)ccc2OC)cc1. The van der Waals surface area contributed by atoms with Gasteiger partial charge in [0.05, 0.1) is 14.2 Å². The lowest BCUT2D eigenvalue weighted by Crippen LogP contribution is -2.28. The van der Waals surface area contributed by atoms with E-state index in [0.717, 1.165) is 5.56 Å². The van der Waals surface area contributed by atoms with E-state index in [2.05, 4.69) is 16.0 Å². The van der Waals surface area contributed by atoms with Crippen LogP contribution in [0.2, 0.25) is 0 Å². The molecule has 3 N–H and O–H groups in total. The number of carbonyl (C=O) groups is 2. The average Bonchev–Trinajstić information content (AvgIpc) is 2.67. The van der Waals surface area contributed by atoms with Gasteiger partial charge in [-0.25, -0.2) is 4.79 Å². The first-order chi connectivity index (χ1) is 13.0. The zero-order chi connectivity index (χ0) is 19.6. The summed E-state index contributed by atoms with van der Waals surface area (Å²) in [6.07, 6.45) is 0. The van der Waals surface area contributed by atoms with E-state index in [1.165, 1.54) is 7.11 Å². The minimum absolute atomic E-state index is 0.0177. The number of benzene rings is 2. The van der Waals surface area contributed by atoms with Gasteiger partial charge in [0.15, 0.2) is 0 Å². The summed E-state index contributed by atoms with van der Waals surface area (Å²) in [4.78, 5) is 23.6. The molecule has 2 rings (SSSR count). The molecule has 0 aliphatic rings. The largest absolute Gasteiger partial charge is 0.497 e. The zero-order valence-electron chi connectivity index (χ0n) is 15.5. The number of methoxy groups -OCH3 is 3. The van der Waals surface area contributed by atoms with E-state index in [1.807, 2.05) is 0 Å². The van der Waals surface area contributed by atoms with Crippen LogP contribution in [0.25, 0.3) is 0 Å². The zero-order valence-corrected chi connectivity index (χ0v) is 15.5. The summed E-state index contributed by atoms with van der Waals surface area (Å²) in [5.41, 5.74) is 2.00. The molecule has 0 heterocycles. The Labute approximate surface area is 157 Å². The summed E-state index contributed by atoms with van der Waals surface area (Å²) in [5.74, 6) is 1.09. The Balaban J connectivity index is 1.89. The molecule has 3 amide bonds. The van der Waals surface area contributed by atoms with E-state index in [1.54, 1.807) is 56.7 Å². The number of rotatable bonds is 8. The highest BCUT2D eigenvalue weighted by Gasteiger charge is 2.08. The first-order valence-corrected chi connectivity index (χ1v) is 8.20. The first-order valence-electron chi connectivity index (χ1n) is 8.20. The molecule has 8 heteroatoms. The highest BCUT2D eigenvalue weighted by Crippen LogP contribution is 2.23. The second kappa shape index (κ2) is 10.0. The minimum atomic E-state index is -0.365. The minimum Gasteiger partial charge on any atom is -0.497 e. The molecule has 0 unspecified atom stereocenters. The van der Waals surface area contributed by atoms with Gasteiger partial charge < -0.3 is 30.2 Å². The number of amides is 3. The van der Waals surface area contributed by atoms with E-state index in [-0.39, 0.29) is 25.1 Å². The monoisotopic (exact) mass is 373 g/mol. The van der Waals surface area contributed by atoms with Gasteiger partial charge in [-0.05, 0) is 42.5 Å². The summed E-state index contributed by atoms with van der Waals surface area (Å²) in [5, 5.41) is 8.17. The molecule has 0 aliphatic heterocycles. The fourth-order valence-electron chi connectivity index (χ4n) is 2.34. The second-order valence-electron chi connectivity index (χ2n) is 5.54. The van der Waals surface area contributed by atoms with Crippen LogP contribution < -0.4 is 25.4 Å². The fourth-order valence-corrected chi connectivity index (χ4v) is 2.34. The molecule has 0 saturated heterocycles. The van der Waals surface area contributed by atoms with Crippen molar-refractivity contribution >= 4 is 23.3 Å². The molecule has 0 bridgehead atoms. The average molecular weight is 373 g/mol. The van der Waals surface area contributed by atoms with Gasteiger partial charge in [0, 0.05) is 30.6 Å². The Morgan fingerprint density at radius 3 is 2.15 bits per heavy atom. The standard InChI is InChI=1S/C19H23N3O5/c1-25-12-18(23)21-14-4-6-15(7-5-14)22-19(24)20-11-13-10-16(26-2)8-9-17(13)27-3/h4-10H,11-12H2,1-3H3,(H,21,23)(H2,20,22,24). The lowest BCUT2D eigenvalue weighted by atomic mass is 10.2. The normalized spacial score (nSPS) is 10.0. The van der Waals surface area contributed by atoms with Crippen molar-refractivity contribution in [1.29, 1.82) is 0 Å². The maximum atomic E-state index is 12.1. The molecule has 0 saturated carbocycles. The Hall–Kier alpha value is -3.26. The molecule has 27 heavy (non-hydrogen) atoms. The van der Waals surface area contributed by atoms with Crippen molar-refractivity contribution in [2.75, 3.05) is 38.6 Å². The van der Waals surface area contributed by atoms with Crippen molar-refractivity contribution in [2.24, 2.45) is 0 Å². The Morgan fingerprint density at radius 2 is 1.56 bits per heavy atom. The Bertz CT molecular complexity index is 777. The first kappa shape index (κ1) is 20.1. The van der Waals surface area contributed by atoms with Crippen molar-refractivity contribution in [1.82, 2.24) is 5.32 Å². The lowest BCUT2D eigenvalue weighted by molar-refractivity contribution is -0.119. The third-order valence-electron chi connectivity index (χ3n) is 3.63. The highest BCUT2D eigenvalue weighted by molar-refractivity contribution is 5.93.